The molecule has 7 rings (SSSR count). The zero-order valence-corrected chi connectivity index (χ0v) is 28.3. The molecule has 5 aliphatic rings. The topological polar surface area (TPSA) is 135 Å². The van der Waals surface area contributed by atoms with Crippen LogP contribution in [0.1, 0.15) is 98.5 Å². The average Bonchev–Trinajstić information content (AvgIpc) is 3.46. The highest BCUT2D eigenvalue weighted by atomic mass is 32.2. The monoisotopic (exact) mass is 652 g/mol. The number of esters is 4. The van der Waals surface area contributed by atoms with Crippen LogP contribution in [0.25, 0.3) is 11.0 Å². The number of aryl methyl sites for hydroxylation is 1. The van der Waals surface area contributed by atoms with E-state index in [1.165, 1.54) is 17.8 Å². The summed E-state index contributed by atoms with van der Waals surface area (Å²) < 4.78 is 30.7. The third kappa shape index (κ3) is 3.48. The van der Waals surface area contributed by atoms with E-state index in [0.717, 1.165) is 0 Å². The van der Waals surface area contributed by atoms with E-state index >= 15 is 0 Å². The molecule has 3 aliphatic heterocycles. The van der Waals surface area contributed by atoms with Gasteiger partial charge in [0, 0.05) is 33.5 Å². The van der Waals surface area contributed by atoms with Crippen molar-refractivity contribution in [3.63, 3.8) is 0 Å². The lowest BCUT2D eigenvalue weighted by atomic mass is 9.66. The van der Waals surface area contributed by atoms with Crippen LogP contribution >= 0.6 is 11.8 Å². The third-order valence-electron chi connectivity index (χ3n) is 13.0. The number of ether oxygens (including phenoxy) is 4. The van der Waals surface area contributed by atoms with Gasteiger partial charge in [-0.25, -0.2) is 9.59 Å². The van der Waals surface area contributed by atoms with Gasteiger partial charge >= 0.3 is 23.9 Å². The van der Waals surface area contributed by atoms with Crippen LogP contribution in [0.15, 0.2) is 32.3 Å². The lowest BCUT2D eigenvalue weighted by Crippen LogP contribution is -2.53. The molecular formula is C35H40O10S. The lowest BCUT2D eigenvalue weighted by Gasteiger charge is -2.41. The maximum Gasteiger partial charge on any atom is 0.351 e. The molecule has 7 atom stereocenters. The van der Waals surface area contributed by atoms with Crippen molar-refractivity contribution in [1.29, 1.82) is 0 Å². The molecule has 4 unspecified atom stereocenters. The molecule has 10 nitrogen and oxygen atoms in total. The predicted octanol–water partition coefficient (Wildman–Crippen LogP) is 5.59. The van der Waals surface area contributed by atoms with E-state index in [9.17, 15) is 24.0 Å². The zero-order valence-electron chi connectivity index (χ0n) is 27.5. The van der Waals surface area contributed by atoms with Crippen molar-refractivity contribution in [2.75, 3.05) is 0 Å². The van der Waals surface area contributed by atoms with Crippen LogP contribution < -0.4 is 5.43 Å². The van der Waals surface area contributed by atoms with Gasteiger partial charge in [0.15, 0.2) is 17.6 Å². The molecule has 4 fully saturated rings. The molecular weight excluding hydrogens is 612 g/mol. The third-order valence-corrected chi connectivity index (χ3v) is 14.2. The average molecular weight is 653 g/mol. The fourth-order valence-corrected chi connectivity index (χ4v) is 9.83. The van der Waals surface area contributed by atoms with E-state index in [-0.39, 0.29) is 17.4 Å². The number of rotatable bonds is 5. The Balaban J connectivity index is 1.35. The summed E-state index contributed by atoms with van der Waals surface area (Å²) in [4.78, 5) is 68.7. The second-order valence-corrected chi connectivity index (χ2v) is 16.6. The number of hydrogen-bond donors (Lipinski definition) is 0. The summed E-state index contributed by atoms with van der Waals surface area (Å²) in [5, 5.41) is -0.130. The molecule has 0 spiro atoms. The van der Waals surface area contributed by atoms with E-state index < -0.39 is 74.2 Å². The van der Waals surface area contributed by atoms with E-state index in [4.69, 9.17) is 23.4 Å². The van der Waals surface area contributed by atoms with Crippen LogP contribution in [0.2, 0.25) is 0 Å². The molecule has 2 aromatic rings. The van der Waals surface area contributed by atoms with Crippen LogP contribution in [0.3, 0.4) is 0 Å². The number of carbonyl (C=O) groups is 4. The molecule has 4 heterocycles. The maximum atomic E-state index is 14.4. The molecule has 1 aromatic carbocycles. The molecule has 246 valence electrons. The zero-order chi connectivity index (χ0) is 33.4. The molecule has 2 saturated carbocycles. The largest absolute Gasteiger partial charge is 0.460 e. The quantitative estimate of drug-likeness (QED) is 0.295. The summed E-state index contributed by atoms with van der Waals surface area (Å²) in [5.41, 5.74) is -6.09. The fourth-order valence-electron chi connectivity index (χ4n) is 8.61. The summed E-state index contributed by atoms with van der Waals surface area (Å²) >= 11 is 1.41. The Morgan fingerprint density at radius 3 is 1.87 bits per heavy atom. The van der Waals surface area contributed by atoms with Gasteiger partial charge in [-0.2, -0.15) is 0 Å². The van der Waals surface area contributed by atoms with Gasteiger partial charge in [0.25, 0.3) is 0 Å². The van der Waals surface area contributed by atoms with Gasteiger partial charge in [0.2, 0.25) is 11.2 Å². The first-order valence-corrected chi connectivity index (χ1v) is 16.9. The van der Waals surface area contributed by atoms with Gasteiger partial charge in [0.1, 0.15) is 11.3 Å². The van der Waals surface area contributed by atoms with Gasteiger partial charge in [-0.15, -0.1) is 11.8 Å². The predicted molar refractivity (Wildman–Crippen MR) is 166 cm³/mol. The molecule has 0 N–H and O–H groups in total. The molecule has 2 aliphatic carbocycles. The van der Waals surface area contributed by atoms with Gasteiger partial charge in [-0.05, 0) is 58.6 Å². The Bertz CT molecular complexity index is 1810. The number of fused-ring (bicyclic) bond motifs is 7. The van der Waals surface area contributed by atoms with E-state index in [1.807, 2.05) is 55.4 Å². The highest BCUT2D eigenvalue weighted by molar-refractivity contribution is 8.00. The molecule has 46 heavy (non-hydrogen) atoms. The molecule has 11 heteroatoms. The van der Waals surface area contributed by atoms with Crippen LogP contribution in [-0.4, -0.2) is 46.4 Å². The second kappa shape index (κ2) is 9.39. The minimum Gasteiger partial charge on any atom is -0.460 e. The van der Waals surface area contributed by atoms with E-state index in [0.29, 0.717) is 47.3 Å². The van der Waals surface area contributed by atoms with Gasteiger partial charge in [-0.3, -0.25) is 14.4 Å². The van der Waals surface area contributed by atoms with Crippen molar-refractivity contribution in [2.24, 2.45) is 21.7 Å². The summed E-state index contributed by atoms with van der Waals surface area (Å²) in [7, 11) is 0. The summed E-state index contributed by atoms with van der Waals surface area (Å²) in [6.45, 7) is 14.7. The van der Waals surface area contributed by atoms with Crippen LogP contribution in [-0.2, 0) is 44.5 Å². The Hall–Kier alpha value is -3.34. The number of carbonyl (C=O) groups excluding carboxylic acids is 4. The van der Waals surface area contributed by atoms with Gasteiger partial charge in [0.05, 0.1) is 21.8 Å². The van der Waals surface area contributed by atoms with Gasteiger partial charge < -0.3 is 23.4 Å². The van der Waals surface area contributed by atoms with Crippen LogP contribution in [0.4, 0.5) is 0 Å². The highest BCUT2D eigenvalue weighted by Crippen LogP contribution is 2.67. The smallest absolute Gasteiger partial charge is 0.351 e. The molecule has 0 amide bonds. The number of benzene rings is 1. The van der Waals surface area contributed by atoms with Crippen molar-refractivity contribution in [3.05, 3.63) is 39.7 Å². The van der Waals surface area contributed by atoms with E-state index in [2.05, 4.69) is 0 Å². The van der Waals surface area contributed by atoms with Crippen LogP contribution in [0.5, 0.6) is 0 Å². The Labute approximate surface area is 271 Å². The Kier molecular flexibility index (Phi) is 6.38. The van der Waals surface area contributed by atoms with Gasteiger partial charge in [-0.1, -0.05) is 34.6 Å². The standard InChI is InChI=1S/C35H40O10S/c1-9-18-16-20(36)19-10-11-21-22(24(19)41-18)25(43-29(40)35-15-13-33(8,27(38)45-35)31(35,5)6)23(17(2)46-21)42-28(39)34-14-12-32(7,26(37)44-34)30(34,3)4/h10-11,16-17,23,25H,9,12-15H2,1-8H3/t17-,23-,25+,32?,33?,34?,35?/m1/s1. The van der Waals surface area contributed by atoms with Crippen molar-refractivity contribution in [1.82, 2.24) is 0 Å². The highest BCUT2D eigenvalue weighted by Gasteiger charge is 2.78. The first-order chi connectivity index (χ1) is 21.4. The first-order valence-electron chi connectivity index (χ1n) is 16.1. The van der Waals surface area contributed by atoms with E-state index in [1.54, 1.807) is 12.1 Å². The van der Waals surface area contributed by atoms with Crippen molar-refractivity contribution >= 4 is 46.6 Å². The van der Waals surface area contributed by atoms with Crippen LogP contribution in [0, 0.1) is 21.7 Å². The molecule has 1 aromatic heterocycles. The molecule has 4 bridgehead atoms. The SMILES string of the molecule is CCc1cc(=O)c2ccc3c(c2o1)[C@H](OC(=O)C12CCC(C)(C(=O)O1)C2(C)C)[C@H](OC(=O)C12CCC(C)(C(=O)O1)C2(C)C)[C@@H](C)S3. The minimum atomic E-state index is -1.55. The molecule has 2 saturated heterocycles. The maximum absolute atomic E-state index is 14.4. The Morgan fingerprint density at radius 2 is 1.39 bits per heavy atom. The fraction of sp³-hybridized carbons (Fsp3) is 0.629. The molecule has 0 radical (unpaired) electrons. The summed E-state index contributed by atoms with van der Waals surface area (Å²) in [5.74, 6) is -1.88. The number of hydrogen-bond acceptors (Lipinski definition) is 11. The van der Waals surface area contributed by atoms with Crippen molar-refractivity contribution in [2.45, 2.75) is 121 Å². The van der Waals surface area contributed by atoms with Crippen molar-refractivity contribution < 1.29 is 42.5 Å². The normalized spacial score (nSPS) is 38.0. The first kappa shape index (κ1) is 31.3. The number of thioether (sulfide) groups is 1. The van der Waals surface area contributed by atoms with Crippen molar-refractivity contribution in [3.8, 4) is 0 Å². The summed E-state index contributed by atoms with van der Waals surface area (Å²) in [6, 6.07) is 4.91. The Morgan fingerprint density at radius 1 is 0.848 bits per heavy atom. The lowest BCUT2D eigenvalue weighted by molar-refractivity contribution is -0.202. The summed E-state index contributed by atoms with van der Waals surface area (Å²) in [6.07, 6.45) is -0.306. The minimum absolute atomic E-state index is 0.246. The second-order valence-electron chi connectivity index (χ2n) is 15.2.